The molecule has 1 atom stereocenters. The summed E-state index contributed by atoms with van der Waals surface area (Å²) in [5, 5.41) is 1.21. The van der Waals surface area contributed by atoms with Crippen LogP contribution in [0.5, 0.6) is 5.75 Å². The van der Waals surface area contributed by atoms with Crippen molar-refractivity contribution in [2.75, 3.05) is 6.61 Å². The molecule has 6 nitrogen and oxygen atoms in total. The lowest BCUT2D eigenvalue weighted by atomic mass is 10.2. The van der Waals surface area contributed by atoms with Gasteiger partial charge in [0.1, 0.15) is 10.6 Å². The van der Waals surface area contributed by atoms with Gasteiger partial charge in [-0.3, -0.25) is 4.79 Å². The Bertz CT molecular complexity index is 1070. The van der Waals surface area contributed by atoms with Gasteiger partial charge in [-0.2, -0.15) is 0 Å². The molecule has 2 aromatic heterocycles. The van der Waals surface area contributed by atoms with Gasteiger partial charge in [-0.25, -0.2) is 9.78 Å². The van der Waals surface area contributed by atoms with Gasteiger partial charge in [0.2, 0.25) is 0 Å². The predicted octanol–water partition coefficient (Wildman–Crippen LogP) is 4.25. The molecule has 142 valence electrons. The zero-order valence-electron chi connectivity index (χ0n) is 15.4. The van der Waals surface area contributed by atoms with Gasteiger partial charge in [-0.05, 0) is 57.0 Å². The van der Waals surface area contributed by atoms with Gasteiger partial charge in [0.25, 0.3) is 5.56 Å². The summed E-state index contributed by atoms with van der Waals surface area (Å²) < 4.78 is 10.8. The van der Waals surface area contributed by atoms with Crippen molar-refractivity contribution in [1.82, 2.24) is 9.97 Å². The molecule has 1 N–H and O–H groups in total. The van der Waals surface area contributed by atoms with Gasteiger partial charge in [0, 0.05) is 9.90 Å². The third-order valence-corrected chi connectivity index (χ3v) is 5.76. The first kappa shape index (κ1) is 19.4. The van der Waals surface area contributed by atoms with Crippen LogP contribution in [0.4, 0.5) is 0 Å². The average Bonchev–Trinajstić information content (AvgIpc) is 2.90. The van der Waals surface area contributed by atoms with Crippen molar-refractivity contribution in [3.8, 4) is 5.75 Å². The number of benzene rings is 1. The number of esters is 1. The number of H-pyrrole nitrogens is 1. The number of nitrogens with one attached hydrogen (secondary N) is 1. The van der Waals surface area contributed by atoms with Crippen molar-refractivity contribution in [1.29, 1.82) is 0 Å². The highest BCUT2D eigenvalue weighted by Crippen LogP contribution is 2.27. The number of aromatic amines is 1. The summed E-state index contributed by atoms with van der Waals surface area (Å²) in [7, 11) is 0. The zero-order valence-corrected chi connectivity index (χ0v) is 17.0. The van der Waals surface area contributed by atoms with Gasteiger partial charge in [0.15, 0.2) is 18.5 Å². The molecule has 0 radical (unpaired) electrons. The van der Waals surface area contributed by atoms with Crippen molar-refractivity contribution in [2.24, 2.45) is 0 Å². The lowest BCUT2D eigenvalue weighted by Gasteiger charge is -2.13. The molecule has 0 bridgehead atoms. The Labute approximate surface area is 165 Å². The van der Waals surface area contributed by atoms with Crippen molar-refractivity contribution < 1.29 is 14.3 Å². The number of thiophene rings is 1. The number of halogens is 1. The van der Waals surface area contributed by atoms with Crippen LogP contribution in [0.3, 0.4) is 0 Å². The number of nitrogens with zero attached hydrogens (tertiary/aromatic N) is 1. The van der Waals surface area contributed by atoms with E-state index in [4.69, 9.17) is 21.1 Å². The standard InChI is InChI=1S/C19H19ClN2O4S/c1-9-7-13(5-6-14(9)20)25-8-15(23)26-11(3)17-21-18(24)16-10(2)12(4)27-19(16)22-17/h5-7,11H,8H2,1-4H3,(H,21,22,24)/t11-/m1/s1. The highest BCUT2D eigenvalue weighted by molar-refractivity contribution is 7.18. The van der Waals surface area contributed by atoms with E-state index in [0.29, 0.717) is 26.8 Å². The second-order valence-electron chi connectivity index (χ2n) is 6.25. The molecule has 8 heteroatoms. The molecule has 27 heavy (non-hydrogen) atoms. The average molecular weight is 407 g/mol. The Balaban J connectivity index is 1.68. The summed E-state index contributed by atoms with van der Waals surface area (Å²) in [6, 6.07) is 5.13. The molecule has 0 aliphatic rings. The number of ether oxygens (including phenoxy) is 2. The predicted molar refractivity (Wildman–Crippen MR) is 106 cm³/mol. The summed E-state index contributed by atoms with van der Waals surface area (Å²) in [5.41, 5.74) is 1.55. The first-order valence-corrected chi connectivity index (χ1v) is 9.54. The van der Waals surface area contributed by atoms with Gasteiger partial charge >= 0.3 is 5.97 Å². The van der Waals surface area contributed by atoms with E-state index in [0.717, 1.165) is 16.0 Å². The number of fused-ring (bicyclic) bond motifs is 1. The molecule has 0 aliphatic carbocycles. The van der Waals surface area contributed by atoms with E-state index in [9.17, 15) is 9.59 Å². The Hall–Kier alpha value is -2.38. The third-order valence-electron chi connectivity index (χ3n) is 4.24. The molecule has 0 spiro atoms. The van der Waals surface area contributed by atoms with Crippen LogP contribution in [-0.2, 0) is 9.53 Å². The number of carbonyl (C=O) groups excluding carboxylic acids is 1. The van der Waals surface area contributed by atoms with E-state index in [1.807, 2.05) is 20.8 Å². The quantitative estimate of drug-likeness (QED) is 0.640. The van der Waals surface area contributed by atoms with Crippen LogP contribution in [0, 0.1) is 20.8 Å². The summed E-state index contributed by atoms with van der Waals surface area (Å²) in [4.78, 5) is 33.2. The van der Waals surface area contributed by atoms with E-state index in [1.54, 1.807) is 25.1 Å². The molecule has 1 aromatic carbocycles. The van der Waals surface area contributed by atoms with Crippen molar-refractivity contribution in [2.45, 2.75) is 33.8 Å². The molecule has 0 aliphatic heterocycles. The smallest absolute Gasteiger partial charge is 0.344 e. The Morgan fingerprint density at radius 1 is 1.33 bits per heavy atom. The number of hydrogen-bond acceptors (Lipinski definition) is 6. The van der Waals surface area contributed by atoms with E-state index < -0.39 is 12.1 Å². The molecular weight excluding hydrogens is 388 g/mol. The Kier molecular flexibility index (Phi) is 5.53. The van der Waals surface area contributed by atoms with Gasteiger partial charge < -0.3 is 14.5 Å². The van der Waals surface area contributed by atoms with Crippen LogP contribution < -0.4 is 10.3 Å². The number of aryl methyl sites for hydroxylation is 3. The molecule has 2 heterocycles. The molecule has 3 aromatic rings. The summed E-state index contributed by atoms with van der Waals surface area (Å²) in [6.07, 6.45) is -0.701. The topological polar surface area (TPSA) is 81.3 Å². The summed E-state index contributed by atoms with van der Waals surface area (Å²) >= 11 is 7.41. The number of rotatable bonds is 5. The van der Waals surface area contributed by atoms with Crippen molar-refractivity contribution in [3.05, 3.63) is 55.4 Å². The SMILES string of the molecule is Cc1cc(OCC(=O)O[C@H](C)c2nc3sc(C)c(C)c3c(=O)[nH]2)ccc1Cl. The zero-order chi connectivity index (χ0) is 19.7. The maximum atomic E-state index is 12.3. The number of carbonyl (C=O) groups is 1. The van der Waals surface area contributed by atoms with Crippen LogP contribution >= 0.6 is 22.9 Å². The highest BCUT2D eigenvalue weighted by atomic mass is 35.5. The second-order valence-corrected chi connectivity index (χ2v) is 7.86. The second kappa shape index (κ2) is 7.70. The van der Waals surface area contributed by atoms with E-state index in [2.05, 4.69) is 9.97 Å². The first-order valence-electron chi connectivity index (χ1n) is 8.34. The minimum absolute atomic E-state index is 0.229. The molecule has 3 rings (SSSR count). The van der Waals surface area contributed by atoms with Gasteiger partial charge in [-0.1, -0.05) is 11.6 Å². The van der Waals surface area contributed by atoms with E-state index in [1.165, 1.54) is 11.3 Å². The molecule has 0 amide bonds. The Morgan fingerprint density at radius 2 is 2.07 bits per heavy atom. The van der Waals surface area contributed by atoms with E-state index >= 15 is 0 Å². The largest absolute Gasteiger partial charge is 0.482 e. The fourth-order valence-corrected chi connectivity index (χ4v) is 3.75. The fourth-order valence-electron chi connectivity index (χ4n) is 2.60. The first-order chi connectivity index (χ1) is 12.8. The minimum Gasteiger partial charge on any atom is -0.482 e. The van der Waals surface area contributed by atoms with Crippen LogP contribution in [-0.4, -0.2) is 22.5 Å². The Morgan fingerprint density at radius 3 is 2.78 bits per heavy atom. The van der Waals surface area contributed by atoms with Crippen LogP contribution in [0.15, 0.2) is 23.0 Å². The minimum atomic E-state index is -0.701. The van der Waals surface area contributed by atoms with Gasteiger partial charge in [0.05, 0.1) is 5.39 Å². The van der Waals surface area contributed by atoms with Crippen LogP contribution in [0.1, 0.15) is 34.9 Å². The van der Waals surface area contributed by atoms with Crippen LogP contribution in [0.25, 0.3) is 10.2 Å². The molecule has 0 saturated carbocycles. The molecule has 0 saturated heterocycles. The van der Waals surface area contributed by atoms with E-state index in [-0.39, 0.29) is 12.2 Å². The maximum Gasteiger partial charge on any atom is 0.344 e. The summed E-state index contributed by atoms with van der Waals surface area (Å²) in [6.45, 7) is 7.09. The van der Waals surface area contributed by atoms with Gasteiger partial charge in [-0.15, -0.1) is 11.3 Å². The van der Waals surface area contributed by atoms with Crippen molar-refractivity contribution >= 4 is 39.1 Å². The fraction of sp³-hybridized carbons (Fsp3) is 0.316. The normalized spacial score (nSPS) is 12.2. The lowest BCUT2D eigenvalue weighted by molar-refractivity contribution is -0.151. The van der Waals surface area contributed by atoms with Crippen molar-refractivity contribution in [3.63, 3.8) is 0 Å². The number of aromatic nitrogens is 2. The summed E-state index contributed by atoms with van der Waals surface area (Å²) in [5.74, 6) is 0.278. The molecule has 0 unspecified atom stereocenters. The molecular formula is C19H19ClN2O4S. The monoisotopic (exact) mass is 406 g/mol. The van der Waals surface area contributed by atoms with Crippen LogP contribution in [0.2, 0.25) is 5.02 Å². The number of hydrogen-bond donors (Lipinski definition) is 1. The maximum absolute atomic E-state index is 12.3. The lowest BCUT2D eigenvalue weighted by Crippen LogP contribution is -2.20. The highest BCUT2D eigenvalue weighted by Gasteiger charge is 2.18. The third kappa shape index (κ3) is 4.14. The molecule has 0 fully saturated rings.